The van der Waals surface area contributed by atoms with Crippen molar-refractivity contribution in [2.45, 2.75) is 33.5 Å². The average molecular weight is 533 g/mol. The van der Waals surface area contributed by atoms with Crippen molar-refractivity contribution in [3.8, 4) is 11.5 Å². The highest BCUT2D eigenvalue weighted by Crippen LogP contribution is 2.32. The van der Waals surface area contributed by atoms with Crippen molar-refractivity contribution in [1.29, 1.82) is 0 Å². The molecule has 0 amide bonds. The number of rotatable bonds is 7. The van der Waals surface area contributed by atoms with Gasteiger partial charge in [-0.1, -0.05) is 30.3 Å². The lowest BCUT2D eigenvalue weighted by atomic mass is 10.1. The summed E-state index contributed by atoms with van der Waals surface area (Å²) in [6.45, 7) is 7.23. The van der Waals surface area contributed by atoms with Crippen molar-refractivity contribution in [2.75, 3.05) is 13.3 Å². The molecule has 3 aromatic rings. The predicted molar refractivity (Wildman–Crippen MR) is 132 cm³/mol. The van der Waals surface area contributed by atoms with Gasteiger partial charge in [-0.05, 0) is 42.7 Å². The fraction of sp³-hybridized carbons (Fsp3) is 0.304. The van der Waals surface area contributed by atoms with Crippen molar-refractivity contribution >= 4 is 29.9 Å². The lowest BCUT2D eigenvalue weighted by Gasteiger charge is -2.12. The van der Waals surface area contributed by atoms with Crippen LogP contribution >= 0.6 is 24.0 Å². The van der Waals surface area contributed by atoms with Crippen LogP contribution in [0.5, 0.6) is 11.5 Å². The Balaban J connectivity index is 0.00000272. The lowest BCUT2D eigenvalue weighted by Crippen LogP contribution is -2.36. The Morgan fingerprint density at radius 1 is 1.06 bits per heavy atom. The molecule has 0 radical (unpaired) electrons. The van der Waals surface area contributed by atoms with E-state index in [1.165, 1.54) is 11.1 Å². The monoisotopic (exact) mass is 533 g/mol. The molecule has 8 heteroatoms. The van der Waals surface area contributed by atoms with Crippen LogP contribution in [0.4, 0.5) is 0 Å². The minimum atomic E-state index is 0. The van der Waals surface area contributed by atoms with Gasteiger partial charge in [-0.3, -0.25) is 0 Å². The molecule has 0 fully saturated rings. The van der Waals surface area contributed by atoms with Gasteiger partial charge in [0.25, 0.3) is 0 Å². The molecule has 2 N–H and O–H groups in total. The van der Waals surface area contributed by atoms with Crippen molar-refractivity contribution < 1.29 is 9.47 Å². The van der Waals surface area contributed by atoms with Gasteiger partial charge < -0.3 is 24.7 Å². The van der Waals surface area contributed by atoms with Gasteiger partial charge in [0.15, 0.2) is 17.5 Å². The van der Waals surface area contributed by atoms with Crippen LogP contribution in [0.3, 0.4) is 0 Å². The maximum atomic E-state index is 5.45. The molecule has 0 spiro atoms. The van der Waals surface area contributed by atoms with Gasteiger partial charge in [0.2, 0.25) is 6.79 Å². The number of hydrogen-bond donors (Lipinski definition) is 2. The summed E-state index contributed by atoms with van der Waals surface area (Å²) >= 11 is 0. The molecule has 7 nitrogen and oxygen atoms in total. The Kier molecular flexibility index (Phi) is 8.16. The molecule has 4 rings (SSSR count). The summed E-state index contributed by atoms with van der Waals surface area (Å²) in [5.74, 6) is 3.39. The van der Waals surface area contributed by atoms with E-state index in [1.54, 1.807) is 0 Å². The second kappa shape index (κ2) is 11.0. The fourth-order valence-electron chi connectivity index (χ4n) is 3.34. The minimum absolute atomic E-state index is 0. The summed E-state index contributed by atoms with van der Waals surface area (Å²) in [4.78, 5) is 9.04. The molecule has 31 heavy (non-hydrogen) atoms. The van der Waals surface area contributed by atoms with Crippen molar-refractivity contribution in [2.24, 2.45) is 4.99 Å². The van der Waals surface area contributed by atoms with Gasteiger partial charge >= 0.3 is 0 Å². The van der Waals surface area contributed by atoms with Gasteiger partial charge in [-0.2, -0.15) is 0 Å². The summed E-state index contributed by atoms with van der Waals surface area (Å²) in [5, 5.41) is 6.69. The van der Waals surface area contributed by atoms with E-state index in [-0.39, 0.29) is 30.8 Å². The first kappa shape index (κ1) is 22.9. The Hall–Kier alpha value is -2.75. The first-order chi connectivity index (χ1) is 14.7. The Bertz CT molecular complexity index is 1030. The van der Waals surface area contributed by atoms with Crippen LogP contribution in [-0.2, 0) is 19.6 Å². The molecule has 0 saturated heterocycles. The summed E-state index contributed by atoms with van der Waals surface area (Å²) in [7, 11) is 0. The van der Waals surface area contributed by atoms with Gasteiger partial charge in [0.05, 0.1) is 6.54 Å². The number of imidazole rings is 1. The van der Waals surface area contributed by atoms with E-state index < -0.39 is 0 Å². The number of aromatic nitrogens is 2. The number of nitrogens with zero attached hydrogens (tertiary/aromatic N) is 3. The van der Waals surface area contributed by atoms with E-state index in [0.29, 0.717) is 13.1 Å². The number of halogens is 1. The number of nitrogens with one attached hydrogen (secondary N) is 2. The summed E-state index contributed by atoms with van der Waals surface area (Å²) in [5.41, 5.74) is 3.52. The molecule has 1 aliphatic heterocycles. The molecule has 0 bridgehead atoms. The Labute approximate surface area is 199 Å². The fourth-order valence-corrected chi connectivity index (χ4v) is 3.34. The van der Waals surface area contributed by atoms with E-state index in [9.17, 15) is 0 Å². The highest BCUT2D eigenvalue weighted by atomic mass is 127. The molecular weight excluding hydrogens is 505 g/mol. The second-order valence-corrected chi connectivity index (χ2v) is 7.16. The van der Waals surface area contributed by atoms with E-state index in [2.05, 4.69) is 51.4 Å². The molecule has 0 saturated carbocycles. The number of aryl methyl sites for hydroxylation is 1. The van der Waals surface area contributed by atoms with Crippen LogP contribution in [0.25, 0.3) is 0 Å². The summed E-state index contributed by atoms with van der Waals surface area (Å²) in [6.07, 6.45) is 3.83. The number of ether oxygens (including phenoxy) is 2. The van der Waals surface area contributed by atoms with Crippen LogP contribution in [-0.4, -0.2) is 28.8 Å². The van der Waals surface area contributed by atoms with Crippen molar-refractivity contribution in [3.05, 3.63) is 77.4 Å². The van der Waals surface area contributed by atoms with Crippen LogP contribution in [0.2, 0.25) is 0 Å². The first-order valence-corrected chi connectivity index (χ1v) is 10.2. The predicted octanol–water partition coefficient (Wildman–Crippen LogP) is 3.84. The molecule has 0 aliphatic carbocycles. The largest absolute Gasteiger partial charge is 0.454 e. The lowest BCUT2D eigenvalue weighted by molar-refractivity contribution is 0.174. The topological polar surface area (TPSA) is 72.7 Å². The van der Waals surface area contributed by atoms with Crippen molar-refractivity contribution in [3.63, 3.8) is 0 Å². The van der Waals surface area contributed by atoms with Crippen LogP contribution < -0.4 is 20.1 Å². The number of aliphatic imine (C=N–C) groups is 1. The third kappa shape index (κ3) is 6.13. The molecule has 0 atom stereocenters. The molecule has 0 unspecified atom stereocenters. The van der Waals surface area contributed by atoms with E-state index in [4.69, 9.17) is 14.5 Å². The number of benzene rings is 2. The molecule has 2 aromatic carbocycles. The third-order valence-electron chi connectivity index (χ3n) is 4.93. The Morgan fingerprint density at radius 3 is 2.71 bits per heavy atom. The smallest absolute Gasteiger partial charge is 0.231 e. The standard InChI is InChI=1S/C23H27N5O2.HI/c1-3-24-23(27-14-19-7-8-21-22(12-19)30-16-29-21)26-13-18-5-4-6-20(11-18)15-28-10-9-25-17(28)2;/h4-12H,3,13-16H2,1-2H3,(H2,24,26,27);1H. The third-order valence-corrected chi connectivity index (χ3v) is 4.93. The molecular formula is C23H28IN5O2. The van der Waals surface area contributed by atoms with E-state index >= 15 is 0 Å². The van der Waals surface area contributed by atoms with E-state index in [0.717, 1.165) is 41.9 Å². The summed E-state index contributed by atoms with van der Waals surface area (Å²) in [6, 6.07) is 14.5. The zero-order chi connectivity index (χ0) is 20.8. The zero-order valence-electron chi connectivity index (χ0n) is 17.8. The minimum Gasteiger partial charge on any atom is -0.454 e. The van der Waals surface area contributed by atoms with E-state index in [1.807, 2.05) is 37.5 Å². The van der Waals surface area contributed by atoms with Gasteiger partial charge in [-0.15, -0.1) is 24.0 Å². The number of hydrogen-bond acceptors (Lipinski definition) is 4. The highest BCUT2D eigenvalue weighted by Gasteiger charge is 2.13. The molecule has 2 heterocycles. The molecule has 164 valence electrons. The molecule has 1 aromatic heterocycles. The van der Waals surface area contributed by atoms with Crippen LogP contribution in [0.15, 0.2) is 59.9 Å². The number of fused-ring (bicyclic) bond motifs is 1. The van der Waals surface area contributed by atoms with Crippen LogP contribution in [0, 0.1) is 6.92 Å². The van der Waals surface area contributed by atoms with Gasteiger partial charge in [0.1, 0.15) is 5.82 Å². The normalized spacial score (nSPS) is 12.4. The highest BCUT2D eigenvalue weighted by molar-refractivity contribution is 14.0. The van der Waals surface area contributed by atoms with Crippen molar-refractivity contribution in [1.82, 2.24) is 20.2 Å². The quantitative estimate of drug-likeness (QED) is 0.275. The maximum Gasteiger partial charge on any atom is 0.231 e. The zero-order valence-corrected chi connectivity index (χ0v) is 20.1. The molecule has 1 aliphatic rings. The SMILES string of the molecule is CCNC(=NCc1cccc(Cn2ccnc2C)c1)NCc1ccc2c(c1)OCO2.I. The maximum absolute atomic E-state index is 5.45. The van der Waals surface area contributed by atoms with Gasteiger partial charge in [-0.25, -0.2) is 9.98 Å². The first-order valence-electron chi connectivity index (χ1n) is 10.2. The average Bonchev–Trinajstić information content (AvgIpc) is 3.39. The number of guanidine groups is 1. The van der Waals surface area contributed by atoms with Crippen LogP contribution in [0.1, 0.15) is 29.4 Å². The summed E-state index contributed by atoms with van der Waals surface area (Å²) < 4.78 is 13.0. The second-order valence-electron chi connectivity index (χ2n) is 7.16. The van der Waals surface area contributed by atoms with Gasteiger partial charge in [0, 0.05) is 32.0 Å². The Morgan fingerprint density at radius 2 is 1.90 bits per heavy atom.